The Bertz CT molecular complexity index is 820. The number of carbonyl (C=O) groups excluding carboxylic acids is 1. The summed E-state index contributed by atoms with van der Waals surface area (Å²) >= 11 is 0. The second-order valence-corrected chi connectivity index (χ2v) is 7.92. The number of allylic oxidation sites excluding steroid dienone is 1. The Kier molecular flexibility index (Phi) is 7.15. The molecule has 2 aromatic rings. The van der Waals surface area contributed by atoms with E-state index in [2.05, 4.69) is 54.0 Å². The van der Waals surface area contributed by atoms with Crippen LogP contribution in [0.2, 0.25) is 0 Å². The maximum absolute atomic E-state index is 12.9. The molecule has 0 unspecified atom stereocenters. The molecule has 0 N–H and O–H groups in total. The maximum atomic E-state index is 12.9. The third-order valence-corrected chi connectivity index (χ3v) is 5.15. The van der Waals surface area contributed by atoms with Crippen LogP contribution in [0.1, 0.15) is 27.0 Å². The number of nitrogens with zero attached hydrogens (tertiary/aromatic N) is 3. The van der Waals surface area contributed by atoms with E-state index >= 15 is 0 Å². The molecular formula is C24H31N3O. The van der Waals surface area contributed by atoms with Gasteiger partial charge in [0.1, 0.15) is 0 Å². The van der Waals surface area contributed by atoms with Gasteiger partial charge >= 0.3 is 0 Å². The van der Waals surface area contributed by atoms with Crippen molar-refractivity contribution in [2.24, 2.45) is 0 Å². The average molecular weight is 378 g/mol. The van der Waals surface area contributed by atoms with Crippen molar-refractivity contribution >= 4 is 11.9 Å². The third kappa shape index (κ3) is 5.86. The van der Waals surface area contributed by atoms with Gasteiger partial charge in [0.2, 0.25) is 0 Å². The molecule has 0 aliphatic carbocycles. The number of ketones is 1. The molecule has 0 spiro atoms. The molecule has 0 atom stereocenters. The highest BCUT2D eigenvalue weighted by Gasteiger charge is 2.16. The molecule has 0 radical (unpaired) electrons. The van der Waals surface area contributed by atoms with E-state index in [-0.39, 0.29) is 5.78 Å². The SMILES string of the molecule is CN(C)Cc1cccc(C=CC(=O)c2ccccc2CN2CCN(C)CC2)c1. The first-order valence-electron chi connectivity index (χ1n) is 9.96. The number of rotatable bonds is 7. The van der Waals surface area contributed by atoms with Crippen LogP contribution in [0.5, 0.6) is 0 Å². The molecule has 0 bridgehead atoms. The maximum Gasteiger partial charge on any atom is 0.186 e. The Labute approximate surface area is 169 Å². The van der Waals surface area contributed by atoms with Gasteiger partial charge in [-0.15, -0.1) is 0 Å². The first-order valence-corrected chi connectivity index (χ1v) is 9.96. The Hall–Kier alpha value is -2.27. The molecule has 0 saturated carbocycles. The summed E-state index contributed by atoms with van der Waals surface area (Å²) in [5.41, 5.74) is 4.23. The van der Waals surface area contributed by atoms with Crippen LogP contribution in [-0.4, -0.2) is 67.8 Å². The second-order valence-electron chi connectivity index (χ2n) is 7.92. The third-order valence-electron chi connectivity index (χ3n) is 5.15. The minimum absolute atomic E-state index is 0.0720. The largest absolute Gasteiger partial charge is 0.305 e. The van der Waals surface area contributed by atoms with Crippen LogP contribution in [0.25, 0.3) is 6.08 Å². The highest BCUT2D eigenvalue weighted by atomic mass is 16.1. The molecule has 2 aromatic carbocycles. The van der Waals surface area contributed by atoms with Gasteiger partial charge in [0, 0.05) is 44.8 Å². The number of hydrogen-bond donors (Lipinski definition) is 0. The van der Waals surface area contributed by atoms with Gasteiger partial charge in [0.05, 0.1) is 0 Å². The van der Waals surface area contributed by atoms with Gasteiger partial charge in [0.25, 0.3) is 0 Å². The van der Waals surface area contributed by atoms with Gasteiger partial charge in [-0.2, -0.15) is 0 Å². The van der Waals surface area contributed by atoms with E-state index in [1.165, 1.54) is 5.56 Å². The molecule has 4 nitrogen and oxygen atoms in total. The molecule has 1 aliphatic heterocycles. The van der Waals surface area contributed by atoms with E-state index in [0.717, 1.165) is 56.0 Å². The Morgan fingerprint density at radius 2 is 1.79 bits per heavy atom. The zero-order valence-corrected chi connectivity index (χ0v) is 17.3. The van der Waals surface area contributed by atoms with Crippen molar-refractivity contribution < 1.29 is 4.79 Å². The average Bonchev–Trinajstić information content (AvgIpc) is 2.68. The molecule has 148 valence electrons. The first-order chi connectivity index (χ1) is 13.5. The zero-order chi connectivity index (χ0) is 19.9. The van der Waals surface area contributed by atoms with Crippen LogP contribution in [0.4, 0.5) is 0 Å². The van der Waals surface area contributed by atoms with E-state index in [1.54, 1.807) is 6.08 Å². The number of piperazine rings is 1. The first kappa shape index (κ1) is 20.5. The second kappa shape index (κ2) is 9.78. The van der Waals surface area contributed by atoms with Crippen LogP contribution in [0, 0.1) is 0 Å². The van der Waals surface area contributed by atoms with E-state index in [9.17, 15) is 4.79 Å². The van der Waals surface area contributed by atoms with Crippen molar-refractivity contribution in [1.82, 2.24) is 14.7 Å². The van der Waals surface area contributed by atoms with Crippen molar-refractivity contribution in [3.8, 4) is 0 Å². The molecule has 3 rings (SSSR count). The van der Waals surface area contributed by atoms with Crippen molar-refractivity contribution in [2.75, 3.05) is 47.3 Å². The Morgan fingerprint density at radius 1 is 1.04 bits per heavy atom. The van der Waals surface area contributed by atoms with Gasteiger partial charge in [-0.05, 0) is 43.9 Å². The summed E-state index contributed by atoms with van der Waals surface area (Å²) in [6.07, 6.45) is 3.63. The molecule has 0 amide bonds. The van der Waals surface area contributed by atoms with Gasteiger partial charge in [-0.25, -0.2) is 0 Å². The quantitative estimate of drug-likeness (QED) is 0.546. The van der Waals surface area contributed by atoms with Crippen molar-refractivity contribution in [3.63, 3.8) is 0 Å². The lowest BCUT2D eigenvalue weighted by molar-refractivity contribution is 0.104. The minimum Gasteiger partial charge on any atom is -0.305 e. The van der Waals surface area contributed by atoms with Gasteiger partial charge < -0.3 is 9.80 Å². The van der Waals surface area contributed by atoms with E-state index in [0.29, 0.717) is 0 Å². The topological polar surface area (TPSA) is 26.8 Å². The molecule has 1 saturated heterocycles. The molecule has 1 heterocycles. The lowest BCUT2D eigenvalue weighted by Crippen LogP contribution is -2.44. The summed E-state index contributed by atoms with van der Waals surface area (Å²) in [7, 11) is 6.28. The molecule has 28 heavy (non-hydrogen) atoms. The Morgan fingerprint density at radius 3 is 2.54 bits per heavy atom. The summed E-state index contributed by atoms with van der Waals surface area (Å²) in [5.74, 6) is 0.0720. The summed E-state index contributed by atoms with van der Waals surface area (Å²) in [6, 6.07) is 16.3. The minimum atomic E-state index is 0.0720. The lowest BCUT2D eigenvalue weighted by Gasteiger charge is -2.32. The van der Waals surface area contributed by atoms with E-state index < -0.39 is 0 Å². The van der Waals surface area contributed by atoms with Gasteiger partial charge in [-0.1, -0.05) is 54.6 Å². The normalized spacial score (nSPS) is 16.1. The van der Waals surface area contributed by atoms with Gasteiger partial charge in [0.15, 0.2) is 5.78 Å². The van der Waals surface area contributed by atoms with E-state index in [4.69, 9.17) is 0 Å². The highest BCUT2D eigenvalue weighted by Crippen LogP contribution is 2.16. The summed E-state index contributed by atoms with van der Waals surface area (Å²) in [6.45, 7) is 5.99. The van der Waals surface area contributed by atoms with Crippen molar-refractivity contribution in [2.45, 2.75) is 13.1 Å². The van der Waals surface area contributed by atoms with Crippen molar-refractivity contribution in [1.29, 1.82) is 0 Å². The Balaban J connectivity index is 1.70. The van der Waals surface area contributed by atoms with Crippen LogP contribution in [-0.2, 0) is 13.1 Å². The lowest BCUT2D eigenvalue weighted by atomic mass is 10.0. The predicted octanol–water partition coefficient (Wildman–Crippen LogP) is 3.39. The summed E-state index contributed by atoms with van der Waals surface area (Å²) < 4.78 is 0. The number of benzene rings is 2. The fourth-order valence-electron chi connectivity index (χ4n) is 3.57. The smallest absolute Gasteiger partial charge is 0.186 e. The molecule has 1 fully saturated rings. The fourth-order valence-corrected chi connectivity index (χ4v) is 3.57. The standard InChI is InChI=1S/C24H31N3O/c1-25(2)18-21-8-6-7-20(17-21)11-12-24(28)23-10-5-4-9-22(23)19-27-15-13-26(3)14-16-27/h4-12,17H,13-16,18-19H2,1-3H3. The van der Waals surface area contributed by atoms with Crippen LogP contribution in [0.15, 0.2) is 54.6 Å². The monoisotopic (exact) mass is 377 g/mol. The molecule has 4 heteroatoms. The summed E-state index contributed by atoms with van der Waals surface area (Å²) in [5, 5.41) is 0. The van der Waals surface area contributed by atoms with Gasteiger partial charge in [-0.3, -0.25) is 9.69 Å². The van der Waals surface area contributed by atoms with Crippen molar-refractivity contribution in [3.05, 3.63) is 76.9 Å². The highest BCUT2D eigenvalue weighted by molar-refractivity contribution is 6.07. The number of likely N-dealkylation sites (N-methyl/N-ethyl adjacent to an activating group) is 1. The van der Waals surface area contributed by atoms with Crippen LogP contribution >= 0.6 is 0 Å². The fraction of sp³-hybridized carbons (Fsp3) is 0.375. The zero-order valence-electron chi connectivity index (χ0n) is 17.3. The molecule has 1 aliphatic rings. The number of carbonyl (C=O) groups is 1. The molecular weight excluding hydrogens is 346 g/mol. The molecule has 0 aromatic heterocycles. The number of hydrogen-bond acceptors (Lipinski definition) is 4. The van der Waals surface area contributed by atoms with E-state index in [1.807, 2.05) is 36.4 Å². The predicted molar refractivity (Wildman–Crippen MR) is 116 cm³/mol. The van der Waals surface area contributed by atoms with Crippen LogP contribution in [0.3, 0.4) is 0 Å². The summed E-state index contributed by atoms with van der Waals surface area (Å²) in [4.78, 5) is 19.8. The van der Waals surface area contributed by atoms with Crippen LogP contribution < -0.4 is 0 Å².